The number of halogens is 2. The number of hydrogen-bond acceptors (Lipinski definition) is 3. The largest absolute Gasteiger partial charge is 0.461 e. The highest BCUT2D eigenvalue weighted by Gasteiger charge is 2.18. The Labute approximate surface area is 126 Å². The molecule has 3 nitrogen and oxygen atoms in total. The molecule has 0 radical (unpaired) electrons. The lowest BCUT2D eigenvalue weighted by Gasteiger charge is -2.06. The van der Waals surface area contributed by atoms with E-state index in [2.05, 4.69) is 9.97 Å². The molecule has 0 aliphatic rings. The predicted octanol–water partition coefficient (Wildman–Crippen LogP) is 5.07. The monoisotopic (exact) mass is 306 g/mol. The molecule has 3 aromatic rings. The number of fused-ring (bicyclic) bond motifs is 1. The predicted molar refractivity (Wildman–Crippen MR) is 81.4 cm³/mol. The van der Waals surface area contributed by atoms with Crippen molar-refractivity contribution >= 4 is 34.2 Å². The number of benzene rings is 1. The molecule has 3 rings (SSSR count). The molecule has 20 heavy (non-hydrogen) atoms. The fourth-order valence-electron chi connectivity index (χ4n) is 2.28. The molecule has 2 heterocycles. The Bertz CT molecular complexity index is 773. The molecule has 102 valence electrons. The van der Waals surface area contributed by atoms with Gasteiger partial charge in [0.1, 0.15) is 21.6 Å². The van der Waals surface area contributed by atoms with Crippen molar-refractivity contribution in [3.8, 4) is 11.4 Å². The average molecular weight is 307 g/mol. The third kappa shape index (κ3) is 2.07. The molecule has 0 aliphatic heterocycles. The lowest BCUT2D eigenvalue weighted by Crippen LogP contribution is -1.97. The van der Waals surface area contributed by atoms with E-state index in [9.17, 15) is 0 Å². The van der Waals surface area contributed by atoms with Crippen LogP contribution in [0.25, 0.3) is 22.4 Å². The minimum atomic E-state index is 0.396. The van der Waals surface area contributed by atoms with Crippen molar-refractivity contribution in [3.05, 3.63) is 45.9 Å². The van der Waals surface area contributed by atoms with Crippen LogP contribution in [0.1, 0.15) is 18.2 Å². The summed E-state index contributed by atoms with van der Waals surface area (Å²) in [5, 5.41) is 1.75. The maximum atomic E-state index is 6.19. The maximum absolute atomic E-state index is 6.19. The van der Waals surface area contributed by atoms with Gasteiger partial charge in [-0.3, -0.25) is 0 Å². The van der Waals surface area contributed by atoms with Gasteiger partial charge < -0.3 is 4.42 Å². The Morgan fingerprint density at radius 2 is 1.75 bits per heavy atom. The first-order valence-electron chi connectivity index (χ1n) is 6.32. The minimum Gasteiger partial charge on any atom is -0.461 e. The number of para-hydroxylation sites is 1. The molecule has 5 heteroatoms. The summed E-state index contributed by atoms with van der Waals surface area (Å²) < 4.78 is 5.72. The Hall–Kier alpha value is -1.58. The third-order valence-corrected chi connectivity index (χ3v) is 3.88. The van der Waals surface area contributed by atoms with E-state index in [0.717, 1.165) is 27.9 Å². The van der Waals surface area contributed by atoms with Crippen LogP contribution in [0.5, 0.6) is 0 Å². The van der Waals surface area contributed by atoms with Crippen LogP contribution in [-0.4, -0.2) is 9.97 Å². The van der Waals surface area contributed by atoms with Crippen molar-refractivity contribution in [1.29, 1.82) is 0 Å². The number of rotatable bonds is 2. The van der Waals surface area contributed by atoms with E-state index < -0.39 is 0 Å². The first-order chi connectivity index (χ1) is 9.61. The topological polar surface area (TPSA) is 38.9 Å². The minimum absolute atomic E-state index is 0.396. The van der Waals surface area contributed by atoms with Gasteiger partial charge >= 0.3 is 0 Å². The van der Waals surface area contributed by atoms with Crippen LogP contribution >= 0.6 is 23.2 Å². The van der Waals surface area contributed by atoms with Crippen molar-refractivity contribution in [2.45, 2.75) is 20.3 Å². The molecule has 0 aliphatic carbocycles. The SMILES string of the molecule is CCc1c(Cl)nc(-c2c(C)oc3ccccc23)nc1Cl. The molecule has 0 atom stereocenters. The molecule has 0 amide bonds. The summed E-state index contributed by atoms with van der Waals surface area (Å²) in [6, 6.07) is 7.76. The second-order valence-corrected chi connectivity index (χ2v) is 5.21. The summed E-state index contributed by atoms with van der Waals surface area (Å²) in [7, 11) is 0. The van der Waals surface area contributed by atoms with Gasteiger partial charge in [-0.2, -0.15) is 0 Å². The van der Waals surface area contributed by atoms with E-state index in [4.69, 9.17) is 27.6 Å². The highest BCUT2D eigenvalue weighted by atomic mass is 35.5. The number of aryl methyl sites for hydroxylation is 1. The van der Waals surface area contributed by atoms with Crippen molar-refractivity contribution in [2.75, 3.05) is 0 Å². The molecule has 0 bridgehead atoms. The van der Waals surface area contributed by atoms with Crippen molar-refractivity contribution in [3.63, 3.8) is 0 Å². The zero-order chi connectivity index (χ0) is 14.3. The molecular formula is C15H12Cl2N2O. The average Bonchev–Trinajstić information content (AvgIpc) is 2.74. The molecule has 0 unspecified atom stereocenters. The van der Waals surface area contributed by atoms with Crippen LogP contribution in [0, 0.1) is 6.92 Å². The summed E-state index contributed by atoms with van der Waals surface area (Å²) in [6.45, 7) is 3.85. The van der Waals surface area contributed by atoms with Gasteiger partial charge in [0.05, 0.1) is 5.56 Å². The smallest absolute Gasteiger partial charge is 0.166 e. The van der Waals surface area contributed by atoms with E-state index in [1.54, 1.807) is 0 Å². The van der Waals surface area contributed by atoms with Crippen LogP contribution in [0.3, 0.4) is 0 Å². The highest BCUT2D eigenvalue weighted by Crippen LogP contribution is 2.34. The van der Waals surface area contributed by atoms with Crippen molar-refractivity contribution < 1.29 is 4.42 Å². The lowest BCUT2D eigenvalue weighted by molar-refractivity contribution is 0.579. The molecular weight excluding hydrogens is 295 g/mol. The quantitative estimate of drug-likeness (QED) is 0.621. The summed E-state index contributed by atoms with van der Waals surface area (Å²) in [6.07, 6.45) is 0.697. The van der Waals surface area contributed by atoms with E-state index in [0.29, 0.717) is 22.6 Å². The van der Waals surface area contributed by atoms with Gasteiger partial charge in [0.25, 0.3) is 0 Å². The number of hydrogen-bond donors (Lipinski definition) is 0. The van der Waals surface area contributed by atoms with Crippen LogP contribution in [0.15, 0.2) is 28.7 Å². The van der Waals surface area contributed by atoms with E-state index in [1.165, 1.54) is 0 Å². The highest BCUT2D eigenvalue weighted by molar-refractivity contribution is 6.34. The van der Waals surface area contributed by atoms with Gasteiger partial charge in [-0.15, -0.1) is 0 Å². The molecule has 0 spiro atoms. The zero-order valence-electron chi connectivity index (χ0n) is 11.1. The van der Waals surface area contributed by atoms with Gasteiger partial charge in [0, 0.05) is 10.9 Å². The molecule has 0 N–H and O–H groups in total. The number of furan rings is 1. The standard InChI is InChI=1S/C15H12Cl2N2O/c1-3-9-13(16)18-15(19-14(9)17)12-8(2)20-11-7-5-4-6-10(11)12/h4-7H,3H2,1-2H3. The summed E-state index contributed by atoms with van der Waals surface area (Å²) in [4.78, 5) is 8.74. The van der Waals surface area contributed by atoms with E-state index >= 15 is 0 Å². The molecule has 2 aromatic heterocycles. The first kappa shape index (κ1) is 13.4. The fraction of sp³-hybridized carbons (Fsp3) is 0.200. The maximum Gasteiger partial charge on any atom is 0.166 e. The summed E-state index contributed by atoms with van der Waals surface area (Å²) in [5.74, 6) is 1.25. The van der Waals surface area contributed by atoms with Gasteiger partial charge in [-0.1, -0.05) is 48.3 Å². The molecule has 0 saturated carbocycles. The van der Waals surface area contributed by atoms with Crippen LogP contribution < -0.4 is 0 Å². The second-order valence-electron chi connectivity index (χ2n) is 4.49. The van der Waals surface area contributed by atoms with E-state index in [-0.39, 0.29) is 0 Å². The van der Waals surface area contributed by atoms with Gasteiger partial charge in [-0.05, 0) is 19.4 Å². The lowest BCUT2D eigenvalue weighted by atomic mass is 10.1. The summed E-state index contributed by atoms with van der Waals surface area (Å²) >= 11 is 12.4. The van der Waals surface area contributed by atoms with Crippen molar-refractivity contribution in [1.82, 2.24) is 9.97 Å². The molecule has 0 fully saturated rings. The summed E-state index contributed by atoms with van der Waals surface area (Å²) in [5.41, 5.74) is 2.41. The van der Waals surface area contributed by atoms with Gasteiger partial charge in [-0.25, -0.2) is 9.97 Å². The van der Waals surface area contributed by atoms with Gasteiger partial charge in [0.15, 0.2) is 5.82 Å². The first-order valence-corrected chi connectivity index (χ1v) is 7.07. The normalized spacial score (nSPS) is 11.2. The van der Waals surface area contributed by atoms with Crippen LogP contribution in [-0.2, 0) is 6.42 Å². The molecule has 1 aromatic carbocycles. The van der Waals surface area contributed by atoms with Crippen LogP contribution in [0.2, 0.25) is 10.3 Å². The zero-order valence-corrected chi connectivity index (χ0v) is 12.6. The molecule has 0 saturated heterocycles. The Kier molecular flexibility index (Phi) is 3.40. The fourth-order valence-corrected chi connectivity index (χ4v) is 2.94. The Morgan fingerprint density at radius 3 is 2.40 bits per heavy atom. The second kappa shape index (κ2) is 5.08. The third-order valence-electron chi connectivity index (χ3n) is 3.25. The van der Waals surface area contributed by atoms with Gasteiger partial charge in [0.2, 0.25) is 0 Å². The Morgan fingerprint density at radius 1 is 1.10 bits per heavy atom. The van der Waals surface area contributed by atoms with E-state index in [1.807, 2.05) is 38.1 Å². The van der Waals surface area contributed by atoms with Crippen molar-refractivity contribution in [2.24, 2.45) is 0 Å². The number of nitrogens with zero attached hydrogens (tertiary/aromatic N) is 2. The number of aromatic nitrogens is 2. The Balaban J connectivity index is 2.28. The van der Waals surface area contributed by atoms with Crippen LogP contribution in [0.4, 0.5) is 0 Å².